The Hall–Kier alpha value is 0.194. The van der Waals surface area contributed by atoms with Crippen LogP contribution in [0.5, 0.6) is 0 Å². The summed E-state index contributed by atoms with van der Waals surface area (Å²) in [5.41, 5.74) is 0. The van der Waals surface area contributed by atoms with Gasteiger partial charge in [0.2, 0.25) is 0 Å². The predicted octanol–water partition coefficient (Wildman–Crippen LogP) is 1.63. The Morgan fingerprint density at radius 2 is 0.850 bits per heavy atom. The zero-order chi connectivity index (χ0) is 15.7. The molecule has 0 aliphatic rings. The molecule has 0 bridgehead atoms. The quantitative estimate of drug-likeness (QED) is 0.401. The van der Waals surface area contributed by atoms with Gasteiger partial charge in [-0.2, -0.15) is 0 Å². The van der Waals surface area contributed by atoms with Gasteiger partial charge in [-0.05, 0) is 41.5 Å². The van der Waals surface area contributed by atoms with Crippen molar-refractivity contribution in [2.24, 2.45) is 0 Å². The van der Waals surface area contributed by atoms with Gasteiger partial charge in [0.05, 0.1) is 0 Å². The minimum absolute atomic E-state index is 0.548. The molecule has 8 heteroatoms. The second kappa shape index (κ2) is 17.2. The summed E-state index contributed by atoms with van der Waals surface area (Å²) in [6, 6.07) is 0. The summed E-state index contributed by atoms with van der Waals surface area (Å²) in [4.78, 5) is 0. The predicted molar refractivity (Wildman–Crippen MR) is 84.1 cm³/mol. The molecule has 0 saturated heterocycles. The average molecular weight is 329 g/mol. The first-order valence-electron chi connectivity index (χ1n) is 7.37. The third-order valence-corrected chi connectivity index (χ3v) is 5.58. The second-order valence-corrected chi connectivity index (χ2v) is 6.54. The van der Waals surface area contributed by atoms with Crippen molar-refractivity contribution < 1.29 is 26.6 Å². The van der Waals surface area contributed by atoms with E-state index in [9.17, 15) is 0 Å². The highest BCUT2D eigenvalue weighted by molar-refractivity contribution is 6.53. The van der Waals surface area contributed by atoms with Gasteiger partial charge in [0.25, 0.3) is 0 Å². The van der Waals surface area contributed by atoms with Gasteiger partial charge in [0, 0.05) is 39.6 Å². The van der Waals surface area contributed by atoms with Crippen LogP contribution in [0.25, 0.3) is 0 Å². The van der Waals surface area contributed by atoms with E-state index in [1.54, 1.807) is 0 Å². The maximum Gasteiger partial charge on any atom is 0.679 e. The van der Waals surface area contributed by atoms with E-state index in [1.807, 2.05) is 41.5 Å². The third-order valence-electron chi connectivity index (χ3n) is 1.86. The van der Waals surface area contributed by atoms with E-state index in [0.717, 1.165) is 13.2 Å². The first kappa shape index (κ1) is 22.5. The van der Waals surface area contributed by atoms with Gasteiger partial charge < -0.3 is 26.6 Å². The van der Waals surface area contributed by atoms with Crippen molar-refractivity contribution in [3.8, 4) is 0 Å². The standard InChI is InChI=1S/C8H20O4Si.C4H12O2Si/c1-5-9-13(10-6-2,11-7-3)12-8-4;1-3-5-7-6-4-2/h5-8H2,1-4H3;3-4,7H2,1-2H3. The van der Waals surface area contributed by atoms with E-state index in [4.69, 9.17) is 26.6 Å². The molecule has 0 atom stereocenters. The number of rotatable bonds is 12. The molecule has 6 nitrogen and oxygen atoms in total. The monoisotopic (exact) mass is 328 g/mol. The van der Waals surface area contributed by atoms with Gasteiger partial charge in [-0.3, -0.25) is 0 Å². The smallest absolute Gasteiger partial charge is 0.399 e. The van der Waals surface area contributed by atoms with Crippen molar-refractivity contribution in [2.45, 2.75) is 41.5 Å². The van der Waals surface area contributed by atoms with Gasteiger partial charge >= 0.3 is 19.1 Å². The normalized spacial score (nSPS) is 11.1. The molecule has 0 aliphatic carbocycles. The topological polar surface area (TPSA) is 55.4 Å². The van der Waals surface area contributed by atoms with Crippen LogP contribution in [-0.2, 0) is 26.6 Å². The first-order chi connectivity index (χ1) is 9.66. The van der Waals surface area contributed by atoms with Crippen molar-refractivity contribution >= 4 is 19.1 Å². The lowest BCUT2D eigenvalue weighted by atomic mass is 10.9. The first-order valence-corrected chi connectivity index (χ1v) is 10.2. The molecule has 0 heterocycles. The van der Waals surface area contributed by atoms with Gasteiger partial charge in [0.15, 0.2) is 0 Å². The van der Waals surface area contributed by atoms with Crippen LogP contribution >= 0.6 is 0 Å². The molecule has 0 rings (SSSR count). The van der Waals surface area contributed by atoms with Crippen LogP contribution in [0.2, 0.25) is 0 Å². The van der Waals surface area contributed by atoms with Crippen LogP contribution in [-0.4, -0.2) is 58.7 Å². The van der Waals surface area contributed by atoms with Crippen molar-refractivity contribution in [2.75, 3.05) is 39.6 Å². The molecule has 0 radical (unpaired) electrons. The fourth-order valence-electron chi connectivity index (χ4n) is 1.18. The maximum absolute atomic E-state index is 5.42. The highest BCUT2D eigenvalue weighted by atomic mass is 28.4. The zero-order valence-electron chi connectivity index (χ0n) is 13.9. The number of hydrogen-bond donors (Lipinski definition) is 0. The largest absolute Gasteiger partial charge is 0.679 e. The van der Waals surface area contributed by atoms with Crippen molar-refractivity contribution in [3.63, 3.8) is 0 Å². The Morgan fingerprint density at radius 3 is 1.05 bits per heavy atom. The maximum atomic E-state index is 5.42. The fraction of sp³-hybridized carbons (Fsp3) is 1.00. The fourth-order valence-corrected chi connectivity index (χ4v) is 3.55. The lowest BCUT2D eigenvalue weighted by Gasteiger charge is -2.26. The lowest BCUT2D eigenvalue weighted by molar-refractivity contribution is -0.0247. The van der Waals surface area contributed by atoms with E-state index in [0.29, 0.717) is 26.4 Å². The molecule has 0 aromatic heterocycles. The van der Waals surface area contributed by atoms with Gasteiger partial charge in [0.1, 0.15) is 0 Å². The van der Waals surface area contributed by atoms with Crippen LogP contribution in [0.1, 0.15) is 41.5 Å². The van der Waals surface area contributed by atoms with Crippen LogP contribution in [0.15, 0.2) is 0 Å². The van der Waals surface area contributed by atoms with E-state index >= 15 is 0 Å². The Kier molecular flexibility index (Phi) is 19.4. The molecule has 0 saturated carbocycles. The Labute approximate surface area is 127 Å². The molecular weight excluding hydrogens is 296 g/mol. The van der Waals surface area contributed by atoms with Crippen LogP contribution in [0.3, 0.4) is 0 Å². The van der Waals surface area contributed by atoms with Crippen molar-refractivity contribution in [1.82, 2.24) is 0 Å². The second-order valence-electron chi connectivity index (χ2n) is 3.34. The van der Waals surface area contributed by atoms with E-state index < -0.39 is 19.1 Å². The number of hydrogen-bond acceptors (Lipinski definition) is 6. The summed E-state index contributed by atoms with van der Waals surface area (Å²) in [7, 11) is -3.38. The summed E-state index contributed by atoms with van der Waals surface area (Å²) in [5.74, 6) is 0. The Morgan fingerprint density at radius 1 is 0.550 bits per heavy atom. The minimum atomic E-state index is -2.80. The highest BCUT2D eigenvalue weighted by Crippen LogP contribution is 2.11. The van der Waals surface area contributed by atoms with E-state index in [2.05, 4.69) is 0 Å². The molecule has 0 aromatic carbocycles. The van der Waals surface area contributed by atoms with E-state index in [-0.39, 0.29) is 0 Å². The Bertz CT molecular complexity index is 152. The molecule has 0 fully saturated rings. The van der Waals surface area contributed by atoms with Crippen LogP contribution in [0, 0.1) is 0 Å². The SMILES string of the molecule is CCO[SiH2]OCC.CCO[Si](OCC)(OCC)OCC. The molecule has 0 unspecified atom stereocenters. The molecule has 124 valence electrons. The summed E-state index contributed by atoms with van der Waals surface area (Å²) in [6.45, 7) is 15.3. The van der Waals surface area contributed by atoms with Crippen LogP contribution < -0.4 is 0 Å². The molecular formula is C12H32O6Si2. The zero-order valence-corrected chi connectivity index (χ0v) is 16.3. The highest BCUT2D eigenvalue weighted by Gasteiger charge is 2.44. The third kappa shape index (κ3) is 13.2. The van der Waals surface area contributed by atoms with Crippen LogP contribution in [0.4, 0.5) is 0 Å². The molecule has 0 spiro atoms. The molecule has 0 aliphatic heterocycles. The average Bonchev–Trinajstić information content (AvgIpc) is 2.41. The Balaban J connectivity index is 0. The summed E-state index contributed by atoms with van der Waals surface area (Å²) in [6.07, 6.45) is 0. The summed E-state index contributed by atoms with van der Waals surface area (Å²) < 4.78 is 31.7. The summed E-state index contributed by atoms with van der Waals surface area (Å²) >= 11 is 0. The van der Waals surface area contributed by atoms with Gasteiger partial charge in [-0.1, -0.05) is 0 Å². The van der Waals surface area contributed by atoms with Gasteiger partial charge in [-0.15, -0.1) is 0 Å². The van der Waals surface area contributed by atoms with Crippen molar-refractivity contribution in [1.29, 1.82) is 0 Å². The van der Waals surface area contributed by atoms with Crippen molar-refractivity contribution in [3.05, 3.63) is 0 Å². The molecule has 0 N–H and O–H groups in total. The summed E-state index contributed by atoms with van der Waals surface area (Å²) in [5, 5.41) is 0. The molecule has 20 heavy (non-hydrogen) atoms. The minimum Gasteiger partial charge on any atom is -0.399 e. The van der Waals surface area contributed by atoms with E-state index in [1.165, 1.54) is 0 Å². The lowest BCUT2D eigenvalue weighted by Crippen LogP contribution is -2.49. The molecule has 0 aromatic rings. The van der Waals surface area contributed by atoms with Gasteiger partial charge in [-0.25, -0.2) is 0 Å². The molecule has 0 amide bonds.